The number of carbonyl (C=O) groups is 2. The molecule has 0 radical (unpaired) electrons. The van der Waals surface area contributed by atoms with Gasteiger partial charge in [0.15, 0.2) is 0 Å². The molecule has 4 rings (SSSR count). The van der Waals surface area contributed by atoms with Crippen molar-refractivity contribution in [3.63, 3.8) is 0 Å². The van der Waals surface area contributed by atoms with E-state index in [4.69, 9.17) is 11.6 Å². The van der Waals surface area contributed by atoms with Gasteiger partial charge in [0.25, 0.3) is 0 Å². The summed E-state index contributed by atoms with van der Waals surface area (Å²) in [5.74, 6) is -1.24. The maximum atomic E-state index is 12.5. The van der Waals surface area contributed by atoms with Crippen molar-refractivity contribution < 1.29 is 9.59 Å². The molecule has 1 fully saturated rings. The van der Waals surface area contributed by atoms with Crippen LogP contribution in [0.2, 0.25) is 5.02 Å². The number of halogens is 1. The largest absolute Gasteiger partial charge is 0.346 e. The first-order valence-corrected chi connectivity index (χ1v) is 11.0. The summed E-state index contributed by atoms with van der Waals surface area (Å²) < 4.78 is 0. The summed E-state index contributed by atoms with van der Waals surface area (Å²) in [7, 11) is 0. The number of carbonyl (C=O) groups excluding carboxylic acids is 2. The minimum absolute atomic E-state index is 0.0293. The van der Waals surface area contributed by atoms with Crippen molar-refractivity contribution in [2.75, 3.05) is 19.6 Å². The predicted octanol–water partition coefficient (Wildman–Crippen LogP) is 4.06. The van der Waals surface area contributed by atoms with Crippen LogP contribution >= 0.6 is 11.6 Å². The molecule has 1 saturated heterocycles. The van der Waals surface area contributed by atoms with Crippen LogP contribution in [0.25, 0.3) is 10.8 Å². The second-order valence-electron chi connectivity index (χ2n) is 7.85. The molecule has 5 nitrogen and oxygen atoms in total. The van der Waals surface area contributed by atoms with Gasteiger partial charge in [-0.1, -0.05) is 66.2 Å². The number of likely N-dealkylation sites (tertiary alicyclic amines) is 1. The molecule has 3 aromatic rings. The van der Waals surface area contributed by atoms with E-state index in [1.54, 1.807) is 12.1 Å². The first kappa shape index (κ1) is 21.3. The van der Waals surface area contributed by atoms with Gasteiger partial charge in [0.2, 0.25) is 0 Å². The van der Waals surface area contributed by atoms with Crippen LogP contribution in [0.3, 0.4) is 0 Å². The molecule has 2 amide bonds. The fourth-order valence-corrected chi connectivity index (χ4v) is 4.29. The molecule has 3 aromatic carbocycles. The molecule has 160 valence electrons. The van der Waals surface area contributed by atoms with Gasteiger partial charge < -0.3 is 10.6 Å². The molecule has 1 aliphatic rings. The lowest BCUT2D eigenvalue weighted by atomic mass is 9.97. The Labute approximate surface area is 187 Å². The Morgan fingerprint density at radius 3 is 2.32 bits per heavy atom. The minimum atomic E-state index is -0.631. The fourth-order valence-electron chi connectivity index (χ4n) is 4.16. The molecule has 0 aliphatic carbocycles. The van der Waals surface area contributed by atoms with Crippen LogP contribution in [0.1, 0.15) is 30.0 Å². The SMILES string of the molecule is O=C(NCc1ccc(Cl)cc1)C(=O)NC[C@@H](c1cccc2ccccc12)N1CCCC1. The van der Waals surface area contributed by atoms with E-state index in [0.717, 1.165) is 31.5 Å². The number of nitrogens with zero attached hydrogens (tertiary/aromatic N) is 1. The van der Waals surface area contributed by atoms with Crippen molar-refractivity contribution in [2.24, 2.45) is 0 Å². The van der Waals surface area contributed by atoms with Crippen LogP contribution in [0.5, 0.6) is 0 Å². The van der Waals surface area contributed by atoms with Gasteiger partial charge in [0, 0.05) is 18.1 Å². The van der Waals surface area contributed by atoms with E-state index >= 15 is 0 Å². The van der Waals surface area contributed by atoms with Crippen LogP contribution in [-0.4, -0.2) is 36.3 Å². The summed E-state index contributed by atoms with van der Waals surface area (Å²) in [5, 5.41) is 8.52. The average Bonchev–Trinajstić information content (AvgIpc) is 3.33. The molecule has 0 spiro atoms. The van der Waals surface area contributed by atoms with E-state index in [9.17, 15) is 9.59 Å². The third-order valence-corrected chi connectivity index (χ3v) is 6.04. The van der Waals surface area contributed by atoms with E-state index in [0.29, 0.717) is 11.6 Å². The summed E-state index contributed by atoms with van der Waals surface area (Å²) in [4.78, 5) is 27.2. The topological polar surface area (TPSA) is 61.4 Å². The number of rotatable bonds is 6. The lowest BCUT2D eigenvalue weighted by Crippen LogP contribution is -2.43. The van der Waals surface area contributed by atoms with Gasteiger partial charge in [-0.3, -0.25) is 14.5 Å². The van der Waals surface area contributed by atoms with E-state index in [2.05, 4.69) is 45.9 Å². The molecule has 0 saturated carbocycles. The Morgan fingerprint density at radius 2 is 1.55 bits per heavy atom. The van der Waals surface area contributed by atoms with Crippen molar-refractivity contribution >= 4 is 34.2 Å². The molecular weight excluding hydrogens is 410 g/mol. The highest BCUT2D eigenvalue weighted by atomic mass is 35.5. The standard InChI is InChI=1S/C25H26ClN3O2/c26-20-12-10-18(11-13-20)16-27-24(30)25(31)28-17-23(29-14-3-4-15-29)22-9-5-7-19-6-1-2-8-21(19)22/h1-2,5-13,23H,3-4,14-17H2,(H,27,30)(H,28,31)/t23-/m0/s1. The summed E-state index contributed by atoms with van der Waals surface area (Å²) in [5.41, 5.74) is 2.07. The lowest BCUT2D eigenvalue weighted by Gasteiger charge is -2.29. The van der Waals surface area contributed by atoms with Crippen LogP contribution in [0, 0.1) is 0 Å². The lowest BCUT2D eigenvalue weighted by molar-refractivity contribution is -0.139. The molecular formula is C25H26ClN3O2. The minimum Gasteiger partial charge on any atom is -0.346 e. The van der Waals surface area contributed by atoms with Gasteiger partial charge >= 0.3 is 11.8 Å². The fraction of sp³-hybridized carbons (Fsp3) is 0.280. The Balaban J connectivity index is 1.43. The number of hydrogen-bond acceptors (Lipinski definition) is 3. The Morgan fingerprint density at radius 1 is 0.871 bits per heavy atom. The molecule has 1 aliphatic heterocycles. The summed E-state index contributed by atoms with van der Waals surface area (Å²) in [6.07, 6.45) is 2.30. The Kier molecular flexibility index (Phi) is 6.85. The second-order valence-corrected chi connectivity index (χ2v) is 8.28. The van der Waals surface area contributed by atoms with Gasteiger partial charge in [0.1, 0.15) is 0 Å². The third kappa shape index (κ3) is 5.24. The molecule has 0 bridgehead atoms. The zero-order chi connectivity index (χ0) is 21.6. The van der Waals surface area contributed by atoms with Crippen molar-refractivity contribution in [1.82, 2.24) is 15.5 Å². The van der Waals surface area contributed by atoms with E-state index < -0.39 is 11.8 Å². The highest BCUT2D eigenvalue weighted by Gasteiger charge is 2.26. The average molecular weight is 436 g/mol. The van der Waals surface area contributed by atoms with Crippen molar-refractivity contribution in [3.05, 3.63) is 82.9 Å². The number of nitrogens with one attached hydrogen (secondary N) is 2. The van der Waals surface area contributed by atoms with Crippen molar-refractivity contribution in [1.29, 1.82) is 0 Å². The smallest absolute Gasteiger partial charge is 0.309 e. The molecule has 6 heteroatoms. The van der Waals surface area contributed by atoms with Crippen LogP contribution in [0.15, 0.2) is 66.7 Å². The maximum Gasteiger partial charge on any atom is 0.309 e. The number of hydrogen-bond donors (Lipinski definition) is 2. The number of benzene rings is 3. The Hall–Kier alpha value is -2.89. The third-order valence-electron chi connectivity index (χ3n) is 5.79. The van der Waals surface area contributed by atoms with Crippen molar-refractivity contribution in [2.45, 2.75) is 25.4 Å². The first-order chi connectivity index (χ1) is 15.1. The van der Waals surface area contributed by atoms with Gasteiger partial charge in [-0.25, -0.2) is 0 Å². The molecule has 1 heterocycles. The molecule has 0 aromatic heterocycles. The maximum absolute atomic E-state index is 12.5. The zero-order valence-corrected chi connectivity index (χ0v) is 18.1. The summed E-state index contributed by atoms with van der Waals surface area (Å²) >= 11 is 5.88. The molecule has 2 N–H and O–H groups in total. The number of amides is 2. The normalized spacial score (nSPS) is 15.0. The van der Waals surface area contributed by atoms with E-state index in [1.807, 2.05) is 24.3 Å². The van der Waals surface area contributed by atoms with E-state index in [1.165, 1.54) is 16.3 Å². The Bertz CT molecular complexity index is 1060. The van der Waals surface area contributed by atoms with E-state index in [-0.39, 0.29) is 12.6 Å². The highest BCUT2D eigenvalue weighted by Crippen LogP contribution is 2.30. The van der Waals surface area contributed by atoms with Crippen LogP contribution in [-0.2, 0) is 16.1 Å². The monoisotopic (exact) mass is 435 g/mol. The summed E-state index contributed by atoms with van der Waals surface area (Å²) in [6.45, 7) is 2.66. The highest BCUT2D eigenvalue weighted by molar-refractivity contribution is 6.35. The van der Waals surface area contributed by atoms with Crippen LogP contribution in [0.4, 0.5) is 0 Å². The quantitative estimate of drug-likeness (QED) is 0.574. The second kappa shape index (κ2) is 9.94. The van der Waals surface area contributed by atoms with Gasteiger partial charge in [-0.2, -0.15) is 0 Å². The molecule has 1 atom stereocenters. The molecule has 31 heavy (non-hydrogen) atoms. The first-order valence-electron chi connectivity index (χ1n) is 10.6. The zero-order valence-electron chi connectivity index (χ0n) is 17.3. The predicted molar refractivity (Wildman–Crippen MR) is 124 cm³/mol. The summed E-state index contributed by atoms with van der Waals surface area (Å²) in [6, 6.07) is 21.8. The van der Waals surface area contributed by atoms with Gasteiger partial charge in [0.05, 0.1) is 6.04 Å². The molecule has 0 unspecified atom stereocenters. The van der Waals surface area contributed by atoms with Crippen LogP contribution < -0.4 is 10.6 Å². The van der Waals surface area contributed by atoms with Gasteiger partial charge in [-0.15, -0.1) is 0 Å². The van der Waals surface area contributed by atoms with Crippen molar-refractivity contribution in [3.8, 4) is 0 Å². The van der Waals surface area contributed by atoms with Gasteiger partial charge in [-0.05, 0) is 60.0 Å². The number of fused-ring (bicyclic) bond motifs is 1.